The molecule has 57 heavy (non-hydrogen) atoms. The first kappa shape index (κ1) is 32.8. The van der Waals surface area contributed by atoms with Crippen LogP contribution in [-0.4, -0.2) is 4.57 Å². The summed E-state index contributed by atoms with van der Waals surface area (Å²) in [6, 6.07) is 63.6. The van der Waals surface area contributed by atoms with Crippen LogP contribution in [0.2, 0.25) is 0 Å². The first-order valence-electron chi connectivity index (χ1n) is 20.0. The lowest BCUT2D eigenvalue weighted by Crippen LogP contribution is -2.18. The molecule has 2 nitrogen and oxygen atoms in total. The van der Waals surface area contributed by atoms with Gasteiger partial charge in [-0.3, -0.25) is 0 Å². The van der Waals surface area contributed by atoms with Gasteiger partial charge in [-0.1, -0.05) is 131 Å². The zero-order chi connectivity index (χ0) is 38.2. The van der Waals surface area contributed by atoms with Gasteiger partial charge in [-0.25, -0.2) is 0 Å². The van der Waals surface area contributed by atoms with Crippen molar-refractivity contribution in [1.29, 1.82) is 0 Å². The highest BCUT2D eigenvalue weighted by Crippen LogP contribution is 2.53. The topological polar surface area (TPSA) is 8.17 Å². The van der Waals surface area contributed by atoms with Crippen LogP contribution in [-0.2, 0) is 10.8 Å². The second kappa shape index (κ2) is 11.6. The molecular weight excluding hydrogens is 709 g/mol. The number of para-hydroxylation sites is 1. The molecule has 0 unspecified atom stereocenters. The van der Waals surface area contributed by atoms with Gasteiger partial charge >= 0.3 is 0 Å². The van der Waals surface area contributed by atoms with Crippen LogP contribution < -0.4 is 4.90 Å². The van der Waals surface area contributed by atoms with Crippen LogP contribution in [0.15, 0.2) is 170 Å². The summed E-state index contributed by atoms with van der Waals surface area (Å²) in [5.41, 5.74) is 17.8. The fourth-order valence-electron chi connectivity index (χ4n) is 10.4. The lowest BCUT2D eigenvalue weighted by atomic mass is 9.82. The maximum Gasteiger partial charge on any atom is 0.0555 e. The van der Waals surface area contributed by atoms with E-state index >= 15 is 0 Å². The Labute approximate surface area is 336 Å². The molecule has 8 aromatic carbocycles. The van der Waals surface area contributed by atoms with Gasteiger partial charge in [0.05, 0.1) is 11.0 Å². The first-order chi connectivity index (χ1) is 27.8. The fraction of sp³-hybridized carbons (Fsp3) is 0.111. The molecule has 0 amide bonds. The minimum absolute atomic E-state index is 0.102. The van der Waals surface area contributed by atoms with Crippen LogP contribution in [0.3, 0.4) is 0 Å². The summed E-state index contributed by atoms with van der Waals surface area (Å²) in [6.45, 7) is 9.48. The van der Waals surface area contributed by atoms with E-state index in [1.165, 1.54) is 97.9 Å². The summed E-state index contributed by atoms with van der Waals surface area (Å²) >= 11 is 1.90. The van der Waals surface area contributed by atoms with E-state index in [4.69, 9.17) is 0 Å². The minimum Gasteiger partial charge on any atom is -0.310 e. The normalized spacial score (nSPS) is 14.6. The van der Waals surface area contributed by atoms with Gasteiger partial charge in [0, 0.05) is 64.5 Å². The molecule has 0 bridgehead atoms. The van der Waals surface area contributed by atoms with Gasteiger partial charge in [-0.15, -0.1) is 11.3 Å². The predicted octanol–water partition coefficient (Wildman–Crippen LogP) is 15.2. The summed E-state index contributed by atoms with van der Waals surface area (Å²) in [5.74, 6) is 0. The van der Waals surface area contributed by atoms with Crippen molar-refractivity contribution in [3.63, 3.8) is 0 Å². The van der Waals surface area contributed by atoms with E-state index in [1.54, 1.807) is 0 Å². The van der Waals surface area contributed by atoms with Crippen LogP contribution in [0.1, 0.15) is 49.9 Å². The van der Waals surface area contributed by atoms with Gasteiger partial charge in [-0.2, -0.15) is 0 Å². The van der Waals surface area contributed by atoms with Gasteiger partial charge in [-0.05, 0) is 111 Å². The number of aromatic nitrogens is 1. The predicted molar refractivity (Wildman–Crippen MR) is 243 cm³/mol. The summed E-state index contributed by atoms with van der Waals surface area (Å²) in [6.07, 6.45) is 0. The number of fused-ring (bicyclic) bond motifs is 13. The Hall–Kier alpha value is -6.42. The molecule has 2 aliphatic carbocycles. The minimum atomic E-state index is -0.102. The summed E-state index contributed by atoms with van der Waals surface area (Å²) in [4.78, 5) is 2.47. The highest BCUT2D eigenvalue weighted by molar-refractivity contribution is 7.26. The fourth-order valence-corrected chi connectivity index (χ4v) is 11.6. The molecule has 10 aromatic rings. The lowest BCUT2D eigenvalue weighted by molar-refractivity contribution is 0.660. The zero-order valence-electron chi connectivity index (χ0n) is 32.5. The molecule has 0 fully saturated rings. The Bertz CT molecular complexity index is 3190. The number of hydrogen-bond acceptors (Lipinski definition) is 2. The molecule has 2 aliphatic rings. The monoisotopic (exact) mass is 748 g/mol. The zero-order valence-corrected chi connectivity index (χ0v) is 33.3. The highest BCUT2D eigenvalue weighted by atomic mass is 32.1. The van der Waals surface area contributed by atoms with Gasteiger partial charge in [0.15, 0.2) is 0 Å². The average Bonchev–Trinajstić information content (AvgIpc) is 3.92. The Morgan fingerprint density at radius 3 is 1.60 bits per heavy atom. The molecule has 12 rings (SSSR count). The number of nitrogens with zero attached hydrogens (tertiary/aromatic N) is 2. The number of anilines is 3. The van der Waals surface area contributed by atoms with Crippen molar-refractivity contribution in [2.45, 2.75) is 38.5 Å². The van der Waals surface area contributed by atoms with Gasteiger partial charge < -0.3 is 9.47 Å². The molecule has 0 saturated heterocycles. The van der Waals surface area contributed by atoms with E-state index in [-0.39, 0.29) is 10.8 Å². The van der Waals surface area contributed by atoms with Gasteiger partial charge in [0.1, 0.15) is 0 Å². The third-order valence-corrected chi connectivity index (χ3v) is 14.4. The molecule has 0 spiro atoms. The third-order valence-electron chi connectivity index (χ3n) is 13.2. The molecule has 0 radical (unpaired) electrons. The van der Waals surface area contributed by atoms with Crippen LogP contribution in [0.25, 0.3) is 69.9 Å². The maximum absolute atomic E-state index is 2.47. The van der Waals surface area contributed by atoms with E-state index in [0.717, 1.165) is 11.4 Å². The second-order valence-corrected chi connectivity index (χ2v) is 18.0. The summed E-state index contributed by atoms with van der Waals surface area (Å²) < 4.78 is 5.14. The van der Waals surface area contributed by atoms with Crippen molar-refractivity contribution in [3.8, 4) is 27.9 Å². The van der Waals surface area contributed by atoms with Crippen molar-refractivity contribution in [3.05, 3.63) is 192 Å². The quantitative estimate of drug-likeness (QED) is 0.174. The van der Waals surface area contributed by atoms with Crippen LogP contribution >= 0.6 is 11.3 Å². The van der Waals surface area contributed by atoms with Crippen molar-refractivity contribution in [1.82, 2.24) is 4.57 Å². The van der Waals surface area contributed by atoms with E-state index < -0.39 is 0 Å². The number of thiophene rings is 1. The van der Waals surface area contributed by atoms with E-state index in [9.17, 15) is 0 Å². The molecule has 0 atom stereocenters. The Kier molecular flexibility index (Phi) is 6.65. The van der Waals surface area contributed by atoms with Crippen molar-refractivity contribution in [2.75, 3.05) is 4.90 Å². The Morgan fingerprint density at radius 2 is 0.947 bits per heavy atom. The molecule has 0 saturated carbocycles. The first-order valence-corrected chi connectivity index (χ1v) is 20.8. The van der Waals surface area contributed by atoms with E-state index in [0.29, 0.717) is 0 Å². The number of hydrogen-bond donors (Lipinski definition) is 0. The molecule has 272 valence electrons. The smallest absolute Gasteiger partial charge is 0.0555 e. The van der Waals surface area contributed by atoms with Crippen LogP contribution in [0, 0.1) is 0 Å². The van der Waals surface area contributed by atoms with Crippen molar-refractivity contribution >= 4 is 70.4 Å². The number of benzene rings is 8. The maximum atomic E-state index is 2.47. The van der Waals surface area contributed by atoms with Crippen LogP contribution in [0.5, 0.6) is 0 Å². The van der Waals surface area contributed by atoms with E-state index in [1.807, 2.05) is 11.3 Å². The second-order valence-electron chi connectivity index (χ2n) is 16.9. The molecule has 2 aromatic heterocycles. The Morgan fingerprint density at radius 1 is 0.421 bits per heavy atom. The molecule has 2 heterocycles. The average molecular weight is 749 g/mol. The SMILES string of the molecule is CC1(C)c2ccccc2-c2ccc(N(c3ccc(-n4c5ccccc5c5c6sc7ccccc7c6ccc54)cc3)c3ccc4c(c3)C(C)(C)c3ccccc3-4)cc21. The molecule has 0 aliphatic heterocycles. The number of rotatable bonds is 4. The van der Waals surface area contributed by atoms with Gasteiger partial charge in [0.2, 0.25) is 0 Å². The standard InChI is InChI=1S/C54H40N2S/c1-53(2)44-17-9-5-13-37(44)39-27-25-35(31-46(39)53)55(36-26-28-40-38-14-6-10-18-45(38)54(3,4)47(40)32-36)33-21-23-34(24-22-33)56-48-19-11-7-16-43(48)51-49(56)30-29-42-41-15-8-12-20-50(41)57-52(42)51/h5-32H,1-4H3. The molecular formula is C54H40N2S. The molecule has 0 N–H and O–H groups in total. The third kappa shape index (κ3) is 4.46. The van der Waals surface area contributed by atoms with Crippen molar-refractivity contribution in [2.24, 2.45) is 0 Å². The van der Waals surface area contributed by atoms with E-state index in [2.05, 4.69) is 207 Å². The highest BCUT2D eigenvalue weighted by Gasteiger charge is 2.37. The lowest BCUT2D eigenvalue weighted by Gasteiger charge is -2.30. The van der Waals surface area contributed by atoms with Gasteiger partial charge in [0.25, 0.3) is 0 Å². The molecule has 3 heteroatoms. The largest absolute Gasteiger partial charge is 0.310 e. The van der Waals surface area contributed by atoms with Crippen LogP contribution in [0.4, 0.5) is 17.1 Å². The Balaban J connectivity index is 1.04. The summed E-state index contributed by atoms with van der Waals surface area (Å²) in [5, 5.41) is 5.29. The summed E-state index contributed by atoms with van der Waals surface area (Å²) in [7, 11) is 0. The van der Waals surface area contributed by atoms with Crippen molar-refractivity contribution < 1.29 is 0 Å².